The molecule has 82 valence electrons. The predicted octanol–water partition coefficient (Wildman–Crippen LogP) is 1.87. The lowest BCUT2D eigenvalue weighted by Crippen LogP contribution is -2.08. The fourth-order valence-electron chi connectivity index (χ4n) is 1.05. The van der Waals surface area contributed by atoms with Gasteiger partial charge in [0.1, 0.15) is 5.82 Å². The van der Waals surface area contributed by atoms with Gasteiger partial charge >= 0.3 is 5.97 Å². The SMILES string of the molecule is CC(C)CCOC(=O)c1ccnc(N)c1. The standard InChI is InChI=1S/C11H16N2O2/c1-8(2)4-6-15-11(14)9-3-5-13-10(12)7-9/h3,5,7-8H,4,6H2,1-2H3,(H2,12,13). The zero-order chi connectivity index (χ0) is 11.3. The number of carbonyl (C=O) groups is 1. The fraction of sp³-hybridized carbons (Fsp3) is 0.455. The fourth-order valence-corrected chi connectivity index (χ4v) is 1.05. The van der Waals surface area contributed by atoms with Gasteiger partial charge in [0, 0.05) is 6.20 Å². The Balaban J connectivity index is 2.47. The molecule has 0 bridgehead atoms. The normalized spacial score (nSPS) is 10.3. The summed E-state index contributed by atoms with van der Waals surface area (Å²) < 4.78 is 5.07. The zero-order valence-corrected chi connectivity index (χ0v) is 9.06. The van der Waals surface area contributed by atoms with Crippen molar-refractivity contribution in [2.75, 3.05) is 12.3 Å². The summed E-state index contributed by atoms with van der Waals surface area (Å²) >= 11 is 0. The molecule has 1 aromatic heterocycles. The number of aromatic nitrogens is 1. The van der Waals surface area contributed by atoms with Crippen LogP contribution < -0.4 is 5.73 Å². The summed E-state index contributed by atoms with van der Waals surface area (Å²) in [6.45, 7) is 4.61. The molecule has 1 heterocycles. The quantitative estimate of drug-likeness (QED) is 0.767. The second-order valence-corrected chi connectivity index (χ2v) is 3.79. The van der Waals surface area contributed by atoms with E-state index in [2.05, 4.69) is 18.8 Å². The van der Waals surface area contributed by atoms with Crippen LogP contribution in [0, 0.1) is 5.92 Å². The Hall–Kier alpha value is -1.58. The number of anilines is 1. The minimum absolute atomic E-state index is 0.327. The highest BCUT2D eigenvalue weighted by atomic mass is 16.5. The third-order valence-electron chi connectivity index (χ3n) is 1.95. The summed E-state index contributed by atoms with van der Waals surface area (Å²) in [6.07, 6.45) is 2.36. The molecule has 1 aromatic rings. The molecule has 0 aromatic carbocycles. The van der Waals surface area contributed by atoms with Crippen LogP contribution in [-0.2, 0) is 4.74 Å². The lowest BCUT2D eigenvalue weighted by molar-refractivity contribution is 0.0488. The van der Waals surface area contributed by atoms with Crippen molar-refractivity contribution in [2.45, 2.75) is 20.3 Å². The highest BCUT2D eigenvalue weighted by Crippen LogP contribution is 2.06. The number of ether oxygens (including phenoxy) is 1. The molecule has 0 saturated heterocycles. The topological polar surface area (TPSA) is 65.2 Å². The van der Waals surface area contributed by atoms with Gasteiger partial charge in [-0.25, -0.2) is 9.78 Å². The van der Waals surface area contributed by atoms with Crippen molar-refractivity contribution in [3.63, 3.8) is 0 Å². The number of hydrogen-bond donors (Lipinski definition) is 1. The summed E-state index contributed by atoms with van der Waals surface area (Å²) in [5.74, 6) is 0.512. The van der Waals surface area contributed by atoms with Gasteiger partial charge in [0.2, 0.25) is 0 Å². The van der Waals surface area contributed by atoms with E-state index in [0.717, 1.165) is 6.42 Å². The molecule has 0 amide bonds. The molecule has 4 heteroatoms. The molecular weight excluding hydrogens is 192 g/mol. The van der Waals surface area contributed by atoms with Gasteiger partial charge in [-0.3, -0.25) is 0 Å². The first-order valence-corrected chi connectivity index (χ1v) is 4.98. The lowest BCUT2D eigenvalue weighted by Gasteiger charge is -2.06. The highest BCUT2D eigenvalue weighted by Gasteiger charge is 2.07. The maximum absolute atomic E-state index is 11.5. The van der Waals surface area contributed by atoms with Crippen molar-refractivity contribution < 1.29 is 9.53 Å². The molecule has 0 unspecified atom stereocenters. The van der Waals surface area contributed by atoms with E-state index >= 15 is 0 Å². The monoisotopic (exact) mass is 208 g/mol. The summed E-state index contributed by atoms with van der Waals surface area (Å²) in [4.78, 5) is 15.3. The van der Waals surface area contributed by atoms with Crippen LogP contribution in [0.5, 0.6) is 0 Å². The third kappa shape index (κ3) is 3.97. The van der Waals surface area contributed by atoms with Gasteiger partial charge in [-0.1, -0.05) is 13.8 Å². The van der Waals surface area contributed by atoms with Crippen molar-refractivity contribution in [3.8, 4) is 0 Å². The molecule has 0 aliphatic carbocycles. The van der Waals surface area contributed by atoms with Crippen molar-refractivity contribution in [1.82, 2.24) is 4.98 Å². The van der Waals surface area contributed by atoms with E-state index < -0.39 is 0 Å². The van der Waals surface area contributed by atoms with E-state index in [-0.39, 0.29) is 5.97 Å². The smallest absolute Gasteiger partial charge is 0.338 e. The minimum atomic E-state index is -0.343. The molecule has 0 fully saturated rings. The van der Waals surface area contributed by atoms with Crippen LogP contribution in [0.15, 0.2) is 18.3 Å². The van der Waals surface area contributed by atoms with Crippen molar-refractivity contribution in [2.24, 2.45) is 5.92 Å². The van der Waals surface area contributed by atoms with Crippen LogP contribution in [0.3, 0.4) is 0 Å². The van der Waals surface area contributed by atoms with Gasteiger partial charge in [-0.05, 0) is 24.5 Å². The number of pyridine rings is 1. The number of nitrogen functional groups attached to an aromatic ring is 1. The van der Waals surface area contributed by atoms with Gasteiger partial charge in [-0.15, -0.1) is 0 Å². The average molecular weight is 208 g/mol. The van der Waals surface area contributed by atoms with Crippen molar-refractivity contribution >= 4 is 11.8 Å². The second-order valence-electron chi connectivity index (χ2n) is 3.79. The maximum atomic E-state index is 11.5. The molecule has 0 atom stereocenters. The Morgan fingerprint density at radius 2 is 2.33 bits per heavy atom. The molecule has 0 spiro atoms. The van der Waals surface area contributed by atoms with Crippen LogP contribution >= 0.6 is 0 Å². The molecule has 15 heavy (non-hydrogen) atoms. The Bertz CT molecular complexity index is 337. The predicted molar refractivity (Wildman–Crippen MR) is 58.4 cm³/mol. The van der Waals surface area contributed by atoms with Crippen LogP contribution in [0.4, 0.5) is 5.82 Å². The summed E-state index contributed by atoms with van der Waals surface area (Å²) in [5.41, 5.74) is 5.90. The van der Waals surface area contributed by atoms with Gasteiger partial charge < -0.3 is 10.5 Å². The number of rotatable bonds is 4. The van der Waals surface area contributed by atoms with Crippen LogP contribution in [0.2, 0.25) is 0 Å². The first kappa shape index (κ1) is 11.5. The number of carbonyl (C=O) groups excluding carboxylic acids is 1. The van der Waals surface area contributed by atoms with Crippen LogP contribution in [-0.4, -0.2) is 17.6 Å². The first-order valence-electron chi connectivity index (χ1n) is 4.98. The van der Waals surface area contributed by atoms with Crippen LogP contribution in [0.25, 0.3) is 0 Å². The molecule has 0 saturated carbocycles. The molecule has 1 rings (SSSR count). The van der Waals surface area contributed by atoms with Crippen LogP contribution in [0.1, 0.15) is 30.6 Å². The first-order chi connectivity index (χ1) is 7.09. The van der Waals surface area contributed by atoms with Gasteiger partial charge in [-0.2, -0.15) is 0 Å². The molecule has 0 radical (unpaired) electrons. The van der Waals surface area contributed by atoms with Crippen molar-refractivity contribution in [3.05, 3.63) is 23.9 Å². The van der Waals surface area contributed by atoms with Gasteiger partial charge in [0.05, 0.1) is 12.2 Å². The molecular formula is C11H16N2O2. The average Bonchev–Trinajstić information content (AvgIpc) is 2.17. The Morgan fingerprint density at radius 1 is 1.60 bits per heavy atom. The van der Waals surface area contributed by atoms with E-state index in [1.54, 1.807) is 6.07 Å². The second kappa shape index (κ2) is 5.34. The van der Waals surface area contributed by atoms with E-state index in [4.69, 9.17) is 10.5 Å². The van der Waals surface area contributed by atoms with E-state index in [1.807, 2.05) is 0 Å². The summed E-state index contributed by atoms with van der Waals surface area (Å²) in [6, 6.07) is 3.10. The summed E-state index contributed by atoms with van der Waals surface area (Å²) in [7, 11) is 0. The lowest BCUT2D eigenvalue weighted by atomic mass is 10.1. The minimum Gasteiger partial charge on any atom is -0.462 e. The molecule has 0 aliphatic heterocycles. The number of nitrogens with zero attached hydrogens (tertiary/aromatic N) is 1. The highest BCUT2D eigenvalue weighted by molar-refractivity contribution is 5.89. The van der Waals surface area contributed by atoms with E-state index in [1.165, 1.54) is 12.3 Å². The van der Waals surface area contributed by atoms with Gasteiger partial charge in [0.25, 0.3) is 0 Å². The number of hydrogen-bond acceptors (Lipinski definition) is 4. The Morgan fingerprint density at radius 3 is 2.93 bits per heavy atom. The van der Waals surface area contributed by atoms with E-state index in [0.29, 0.717) is 23.9 Å². The van der Waals surface area contributed by atoms with Gasteiger partial charge in [0.15, 0.2) is 0 Å². The number of esters is 1. The Labute approximate surface area is 89.5 Å². The third-order valence-corrected chi connectivity index (χ3v) is 1.95. The molecule has 0 aliphatic rings. The largest absolute Gasteiger partial charge is 0.462 e. The zero-order valence-electron chi connectivity index (χ0n) is 9.06. The van der Waals surface area contributed by atoms with Crippen molar-refractivity contribution in [1.29, 1.82) is 0 Å². The Kier molecular flexibility index (Phi) is 4.09. The molecule has 2 N–H and O–H groups in total. The molecule has 4 nitrogen and oxygen atoms in total. The number of nitrogens with two attached hydrogens (primary N) is 1. The van der Waals surface area contributed by atoms with E-state index in [9.17, 15) is 4.79 Å². The summed E-state index contributed by atoms with van der Waals surface area (Å²) in [5, 5.41) is 0. The maximum Gasteiger partial charge on any atom is 0.338 e.